The molecule has 94 valence electrons. The minimum absolute atomic E-state index is 0.0987. The fraction of sp³-hybridized carbons (Fsp3) is 0. The van der Waals surface area contributed by atoms with Gasteiger partial charge in [0, 0.05) is 12.1 Å². The highest BCUT2D eigenvalue weighted by Crippen LogP contribution is 2.20. The minimum atomic E-state index is -1.33. The molecular weight excluding hydrogens is 381 g/mol. The zero-order chi connectivity index (χ0) is 13.4. The molecule has 1 heterocycles. The molecule has 0 spiro atoms. The van der Waals surface area contributed by atoms with Crippen LogP contribution in [0.25, 0.3) is 5.69 Å². The van der Waals surface area contributed by atoms with Crippen molar-refractivity contribution in [1.29, 1.82) is 0 Å². The lowest BCUT2D eigenvalue weighted by Crippen LogP contribution is -2.23. The van der Waals surface area contributed by atoms with E-state index in [4.69, 9.17) is 0 Å². The van der Waals surface area contributed by atoms with Crippen molar-refractivity contribution in [2.45, 2.75) is 0 Å². The summed E-state index contributed by atoms with van der Waals surface area (Å²) >= 11 is 6.02. The summed E-state index contributed by atoms with van der Waals surface area (Å²) in [5.41, 5.74) is -1.17. The molecular formula is C10H3Br2F3N2O. The summed E-state index contributed by atoms with van der Waals surface area (Å²) in [5.74, 6) is -3.68. The SMILES string of the molecule is O=c1c(Br)c(Br)cnn1-c1cc(F)c(F)cc1F. The summed E-state index contributed by atoms with van der Waals surface area (Å²) in [7, 11) is 0. The molecule has 0 amide bonds. The smallest absolute Gasteiger partial charge is 0.266 e. The molecule has 0 atom stereocenters. The maximum atomic E-state index is 13.5. The highest BCUT2D eigenvalue weighted by atomic mass is 79.9. The van der Waals surface area contributed by atoms with E-state index in [0.29, 0.717) is 21.3 Å². The van der Waals surface area contributed by atoms with E-state index < -0.39 is 28.7 Å². The minimum Gasteiger partial charge on any atom is -0.266 e. The summed E-state index contributed by atoms with van der Waals surface area (Å²) in [5, 5.41) is 3.64. The van der Waals surface area contributed by atoms with Crippen LogP contribution in [0.2, 0.25) is 0 Å². The van der Waals surface area contributed by atoms with Crippen molar-refractivity contribution in [3.8, 4) is 5.69 Å². The van der Waals surface area contributed by atoms with E-state index in [1.54, 1.807) is 0 Å². The van der Waals surface area contributed by atoms with Gasteiger partial charge in [-0.25, -0.2) is 13.2 Å². The molecule has 0 N–H and O–H groups in total. The molecule has 3 nitrogen and oxygen atoms in total. The highest BCUT2D eigenvalue weighted by molar-refractivity contribution is 9.13. The number of rotatable bonds is 1. The van der Waals surface area contributed by atoms with Gasteiger partial charge in [0.05, 0.1) is 10.7 Å². The molecule has 0 aliphatic rings. The predicted octanol–water partition coefficient (Wildman–Crippen LogP) is 3.17. The lowest BCUT2D eigenvalue weighted by Gasteiger charge is -2.07. The van der Waals surface area contributed by atoms with Gasteiger partial charge in [-0.1, -0.05) is 0 Å². The predicted molar refractivity (Wildman–Crippen MR) is 65.1 cm³/mol. The summed E-state index contributed by atoms with van der Waals surface area (Å²) in [6.07, 6.45) is 1.23. The standard InChI is InChI=1S/C10H3Br2F3N2O/c11-4-3-16-17(10(18)9(4)12)8-2-6(14)5(13)1-7(8)15/h1-3H. The van der Waals surface area contributed by atoms with Crippen LogP contribution in [-0.4, -0.2) is 9.78 Å². The van der Waals surface area contributed by atoms with Crippen LogP contribution in [0.3, 0.4) is 0 Å². The first kappa shape index (κ1) is 13.3. The second-order valence-corrected chi connectivity index (χ2v) is 4.89. The molecule has 0 radical (unpaired) electrons. The fourth-order valence-corrected chi connectivity index (χ4v) is 1.79. The zero-order valence-corrected chi connectivity index (χ0v) is 11.6. The molecule has 0 unspecified atom stereocenters. The number of aromatic nitrogens is 2. The molecule has 2 aromatic rings. The van der Waals surface area contributed by atoms with Crippen LogP contribution in [0.1, 0.15) is 0 Å². The third kappa shape index (κ3) is 2.22. The van der Waals surface area contributed by atoms with Crippen LogP contribution in [-0.2, 0) is 0 Å². The molecule has 8 heteroatoms. The van der Waals surface area contributed by atoms with E-state index in [-0.39, 0.29) is 4.47 Å². The van der Waals surface area contributed by atoms with Crippen LogP contribution in [0, 0.1) is 17.5 Å². The molecule has 18 heavy (non-hydrogen) atoms. The monoisotopic (exact) mass is 382 g/mol. The Morgan fingerprint density at radius 3 is 2.33 bits per heavy atom. The van der Waals surface area contributed by atoms with Gasteiger partial charge in [0.25, 0.3) is 5.56 Å². The Balaban J connectivity index is 2.74. The van der Waals surface area contributed by atoms with Gasteiger partial charge >= 0.3 is 0 Å². The van der Waals surface area contributed by atoms with Crippen molar-refractivity contribution >= 4 is 31.9 Å². The lowest BCUT2D eigenvalue weighted by atomic mass is 10.3. The summed E-state index contributed by atoms with van der Waals surface area (Å²) < 4.78 is 40.4. The van der Waals surface area contributed by atoms with Crippen LogP contribution >= 0.6 is 31.9 Å². The largest absolute Gasteiger partial charge is 0.287 e. The van der Waals surface area contributed by atoms with Crippen molar-refractivity contribution in [1.82, 2.24) is 9.78 Å². The Kier molecular flexibility index (Phi) is 3.58. The fourth-order valence-electron chi connectivity index (χ4n) is 1.26. The van der Waals surface area contributed by atoms with Crippen LogP contribution in [0.4, 0.5) is 13.2 Å². The molecule has 0 aliphatic carbocycles. The second-order valence-electron chi connectivity index (χ2n) is 3.24. The summed E-state index contributed by atoms with van der Waals surface area (Å²) in [6, 6.07) is 0.925. The van der Waals surface area contributed by atoms with Gasteiger partial charge in [0.2, 0.25) is 0 Å². The van der Waals surface area contributed by atoms with Gasteiger partial charge in [-0.15, -0.1) is 0 Å². The van der Waals surface area contributed by atoms with Gasteiger partial charge in [0.1, 0.15) is 10.2 Å². The van der Waals surface area contributed by atoms with Gasteiger partial charge in [-0.05, 0) is 31.9 Å². The normalized spacial score (nSPS) is 10.7. The Morgan fingerprint density at radius 1 is 1.06 bits per heavy atom. The lowest BCUT2D eigenvalue weighted by molar-refractivity contribution is 0.490. The Labute approximate surface area is 115 Å². The molecule has 1 aromatic heterocycles. The first-order valence-electron chi connectivity index (χ1n) is 4.50. The Bertz CT molecular complexity index is 688. The number of nitrogens with zero attached hydrogens (tertiary/aromatic N) is 2. The van der Waals surface area contributed by atoms with E-state index >= 15 is 0 Å². The average Bonchev–Trinajstić information content (AvgIpc) is 2.32. The first-order valence-corrected chi connectivity index (χ1v) is 6.08. The Morgan fingerprint density at radius 2 is 1.67 bits per heavy atom. The maximum Gasteiger partial charge on any atom is 0.287 e. The average molecular weight is 384 g/mol. The van der Waals surface area contributed by atoms with Crippen molar-refractivity contribution in [2.75, 3.05) is 0 Å². The van der Waals surface area contributed by atoms with E-state index in [1.165, 1.54) is 6.20 Å². The van der Waals surface area contributed by atoms with Crippen molar-refractivity contribution in [2.24, 2.45) is 0 Å². The number of benzene rings is 1. The quantitative estimate of drug-likeness (QED) is 0.709. The molecule has 0 saturated heterocycles. The molecule has 0 saturated carbocycles. The van der Waals surface area contributed by atoms with Gasteiger partial charge in [-0.2, -0.15) is 9.78 Å². The maximum absolute atomic E-state index is 13.5. The van der Waals surface area contributed by atoms with E-state index in [9.17, 15) is 18.0 Å². The van der Waals surface area contributed by atoms with Crippen molar-refractivity contribution in [3.05, 3.63) is 55.1 Å². The zero-order valence-electron chi connectivity index (χ0n) is 8.42. The van der Waals surface area contributed by atoms with Gasteiger partial charge in [0.15, 0.2) is 17.5 Å². The molecule has 0 fully saturated rings. The van der Waals surface area contributed by atoms with E-state index in [1.807, 2.05) is 0 Å². The third-order valence-corrected chi connectivity index (χ3v) is 3.99. The second kappa shape index (κ2) is 4.85. The topological polar surface area (TPSA) is 34.9 Å². The van der Waals surface area contributed by atoms with Gasteiger partial charge < -0.3 is 0 Å². The van der Waals surface area contributed by atoms with Crippen LogP contribution in [0.5, 0.6) is 0 Å². The number of hydrogen-bond donors (Lipinski definition) is 0. The molecule has 0 bridgehead atoms. The number of hydrogen-bond acceptors (Lipinski definition) is 2. The Hall–Kier alpha value is -1.15. The molecule has 1 aromatic carbocycles. The van der Waals surface area contributed by atoms with Crippen molar-refractivity contribution < 1.29 is 13.2 Å². The highest BCUT2D eigenvalue weighted by Gasteiger charge is 2.15. The first-order chi connectivity index (χ1) is 8.41. The van der Waals surface area contributed by atoms with Crippen molar-refractivity contribution in [3.63, 3.8) is 0 Å². The van der Waals surface area contributed by atoms with E-state index in [2.05, 4.69) is 37.0 Å². The summed E-state index contributed by atoms with van der Waals surface area (Å²) in [6.45, 7) is 0. The molecule has 2 rings (SSSR count). The van der Waals surface area contributed by atoms with Crippen LogP contribution < -0.4 is 5.56 Å². The number of halogens is 5. The van der Waals surface area contributed by atoms with E-state index in [0.717, 1.165) is 0 Å². The third-order valence-electron chi connectivity index (χ3n) is 2.09. The summed E-state index contributed by atoms with van der Waals surface area (Å²) in [4.78, 5) is 11.8. The van der Waals surface area contributed by atoms with Gasteiger partial charge in [-0.3, -0.25) is 4.79 Å². The van der Waals surface area contributed by atoms with Crippen LogP contribution in [0.15, 0.2) is 32.1 Å². The molecule has 0 aliphatic heterocycles.